The number of aromatic nitrogens is 2. The number of benzene rings is 1. The van der Waals surface area contributed by atoms with Gasteiger partial charge in [-0.25, -0.2) is 4.39 Å². The van der Waals surface area contributed by atoms with Gasteiger partial charge in [0, 0.05) is 44.3 Å². The standard InChI is InChI=1S/C26H36FN5O3S/c1-31(23-9-10-23)36(33,34)30-25-13-15-32(26-6-3-14-28-29-26)17-21(25)18-35-24-11-7-19(8-12-24)20-4-2-5-22(27)16-20/h2-6,14,16,19,21,23-25,30H,7-13,15,17-18H2,1H3/t19?,21?,24?,25-/m0/s1. The minimum absolute atomic E-state index is 0.0101. The first kappa shape index (κ1) is 25.5. The van der Waals surface area contributed by atoms with E-state index in [1.165, 1.54) is 10.4 Å². The largest absolute Gasteiger partial charge is 0.378 e. The van der Waals surface area contributed by atoms with Crippen molar-refractivity contribution in [2.75, 3.05) is 31.6 Å². The molecule has 2 aliphatic carbocycles. The van der Waals surface area contributed by atoms with E-state index in [2.05, 4.69) is 19.8 Å². The van der Waals surface area contributed by atoms with Gasteiger partial charge in [-0.15, -0.1) is 5.10 Å². The van der Waals surface area contributed by atoms with Gasteiger partial charge in [-0.3, -0.25) is 0 Å². The van der Waals surface area contributed by atoms with Gasteiger partial charge in [0.05, 0.1) is 12.7 Å². The van der Waals surface area contributed by atoms with Crippen LogP contribution in [0.1, 0.15) is 56.4 Å². The van der Waals surface area contributed by atoms with Gasteiger partial charge in [0.15, 0.2) is 5.82 Å². The molecule has 3 fully saturated rings. The second kappa shape index (κ2) is 11.1. The maximum Gasteiger partial charge on any atom is 0.279 e. The third-order valence-corrected chi connectivity index (χ3v) is 9.55. The average Bonchev–Trinajstić information content (AvgIpc) is 3.74. The van der Waals surface area contributed by atoms with Crippen LogP contribution in [0.5, 0.6) is 0 Å². The van der Waals surface area contributed by atoms with Crippen molar-refractivity contribution in [1.82, 2.24) is 19.2 Å². The minimum atomic E-state index is -3.55. The summed E-state index contributed by atoms with van der Waals surface area (Å²) in [5, 5.41) is 8.26. The predicted molar refractivity (Wildman–Crippen MR) is 136 cm³/mol. The van der Waals surface area contributed by atoms with E-state index in [1.807, 2.05) is 18.2 Å². The summed E-state index contributed by atoms with van der Waals surface area (Å²) in [6.07, 6.45) is 8.08. The molecule has 0 spiro atoms. The Morgan fingerprint density at radius 2 is 1.92 bits per heavy atom. The number of hydrogen-bond donors (Lipinski definition) is 1. The third kappa shape index (κ3) is 6.22. The Balaban J connectivity index is 1.21. The topological polar surface area (TPSA) is 87.7 Å². The SMILES string of the molecule is CN(C1CC1)S(=O)(=O)N[C@H]1CCN(c2cccnn2)CC1COC1CCC(c2cccc(F)c2)CC1. The molecular formula is C26H36FN5O3S. The predicted octanol–water partition coefficient (Wildman–Crippen LogP) is 3.48. The highest BCUT2D eigenvalue weighted by atomic mass is 32.2. The number of nitrogens with one attached hydrogen (secondary N) is 1. The fraction of sp³-hybridized carbons (Fsp3) is 0.615. The summed E-state index contributed by atoms with van der Waals surface area (Å²) >= 11 is 0. The molecule has 1 aromatic heterocycles. The Bertz CT molecular complexity index is 1110. The van der Waals surface area contributed by atoms with E-state index < -0.39 is 10.2 Å². The summed E-state index contributed by atoms with van der Waals surface area (Å²) in [4.78, 5) is 2.16. The Morgan fingerprint density at radius 3 is 2.61 bits per heavy atom. The second-order valence-electron chi connectivity index (χ2n) is 10.4. The molecule has 2 heterocycles. The molecule has 2 saturated carbocycles. The molecule has 3 aliphatic rings. The van der Waals surface area contributed by atoms with E-state index >= 15 is 0 Å². The lowest BCUT2D eigenvalue weighted by Crippen LogP contribution is -2.55. The second-order valence-corrected chi connectivity index (χ2v) is 12.2. The maximum absolute atomic E-state index is 13.6. The summed E-state index contributed by atoms with van der Waals surface area (Å²) in [7, 11) is -1.88. The number of nitrogens with zero attached hydrogens (tertiary/aromatic N) is 4. The van der Waals surface area contributed by atoms with Crippen LogP contribution in [0.3, 0.4) is 0 Å². The Hall–Kier alpha value is -2.14. The molecule has 1 aliphatic heterocycles. The molecule has 1 aromatic carbocycles. The number of rotatable bonds is 9. The highest BCUT2D eigenvalue weighted by Gasteiger charge is 2.39. The first-order valence-corrected chi connectivity index (χ1v) is 14.5. The number of anilines is 1. The molecule has 5 rings (SSSR count). The molecule has 0 amide bonds. The van der Waals surface area contributed by atoms with E-state index in [9.17, 15) is 12.8 Å². The summed E-state index contributed by atoms with van der Waals surface area (Å²) in [5.41, 5.74) is 1.06. The van der Waals surface area contributed by atoms with Crippen molar-refractivity contribution in [3.05, 3.63) is 54.0 Å². The van der Waals surface area contributed by atoms with Crippen LogP contribution in [0, 0.1) is 11.7 Å². The molecule has 2 atom stereocenters. The normalized spacial score (nSPS) is 27.4. The quantitative estimate of drug-likeness (QED) is 0.548. The first-order valence-electron chi connectivity index (χ1n) is 13.0. The summed E-state index contributed by atoms with van der Waals surface area (Å²) < 4.78 is 50.5. The van der Waals surface area contributed by atoms with Crippen LogP contribution >= 0.6 is 0 Å². The van der Waals surface area contributed by atoms with E-state index in [0.717, 1.165) is 49.9 Å². The van der Waals surface area contributed by atoms with Gasteiger partial charge in [-0.2, -0.15) is 22.5 Å². The third-order valence-electron chi connectivity index (χ3n) is 7.90. The molecule has 2 aromatic rings. The van der Waals surface area contributed by atoms with Gasteiger partial charge >= 0.3 is 0 Å². The van der Waals surface area contributed by atoms with Crippen molar-refractivity contribution in [3.63, 3.8) is 0 Å². The van der Waals surface area contributed by atoms with E-state index in [0.29, 0.717) is 32.0 Å². The number of halogens is 1. The van der Waals surface area contributed by atoms with Crippen LogP contribution in [0.15, 0.2) is 42.6 Å². The average molecular weight is 518 g/mol. The zero-order valence-electron chi connectivity index (χ0n) is 20.8. The van der Waals surface area contributed by atoms with Gasteiger partial charge in [-0.1, -0.05) is 12.1 Å². The highest BCUT2D eigenvalue weighted by Crippen LogP contribution is 2.35. The van der Waals surface area contributed by atoms with Gasteiger partial charge < -0.3 is 9.64 Å². The maximum atomic E-state index is 13.6. The Labute approximate surface area is 213 Å². The lowest BCUT2D eigenvalue weighted by Gasteiger charge is -2.40. The van der Waals surface area contributed by atoms with Gasteiger partial charge in [-0.05, 0) is 80.7 Å². The monoisotopic (exact) mass is 517 g/mol. The van der Waals surface area contributed by atoms with Crippen molar-refractivity contribution in [1.29, 1.82) is 0 Å². The molecule has 36 heavy (non-hydrogen) atoms. The van der Waals surface area contributed by atoms with E-state index in [1.54, 1.807) is 25.4 Å². The van der Waals surface area contributed by atoms with Crippen LogP contribution in [0.2, 0.25) is 0 Å². The van der Waals surface area contributed by atoms with Crippen molar-refractivity contribution in [2.24, 2.45) is 5.92 Å². The van der Waals surface area contributed by atoms with Crippen LogP contribution in [-0.2, 0) is 14.9 Å². The fourth-order valence-corrected chi connectivity index (χ4v) is 6.98. The minimum Gasteiger partial charge on any atom is -0.378 e. The van der Waals surface area contributed by atoms with Crippen LogP contribution < -0.4 is 9.62 Å². The molecular weight excluding hydrogens is 481 g/mol. The molecule has 10 heteroatoms. The molecule has 0 radical (unpaired) electrons. The highest BCUT2D eigenvalue weighted by molar-refractivity contribution is 7.87. The van der Waals surface area contributed by atoms with Crippen LogP contribution in [0.25, 0.3) is 0 Å². The van der Waals surface area contributed by atoms with Gasteiger partial charge in [0.2, 0.25) is 0 Å². The Kier molecular flexibility index (Phi) is 7.85. The molecule has 1 N–H and O–H groups in total. The van der Waals surface area contributed by atoms with Gasteiger partial charge in [0.25, 0.3) is 10.2 Å². The molecule has 196 valence electrons. The number of ether oxygens (including phenoxy) is 1. The van der Waals surface area contributed by atoms with Crippen molar-refractivity contribution in [2.45, 2.75) is 69.1 Å². The summed E-state index contributed by atoms with van der Waals surface area (Å²) in [6, 6.07) is 10.6. The van der Waals surface area contributed by atoms with E-state index in [-0.39, 0.29) is 29.9 Å². The lowest BCUT2D eigenvalue weighted by atomic mass is 9.82. The fourth-order valence-electron chi connectivity index (χ4n) is 5.52. The smallest absolute Gasteiger partial charge is 0.279 e. The zero-order valence-corrected chi connectivity index (χ0v) is 21.6. The van der Waals surface area contributed by atoms with Gasteiger partial charge in [0.1, 0.15) is 5.82 Å². The number of hydrogen-bond acceptors (Lipinski definition) is 6. The molecule has 1 saturated heterocycles. The molecule has 1 unspecified atom stereocenters. The van der Waals surface area contributed by atoms with Crippen molar-refractivity contribution >= 4 is 16.0 Å². The van der Waals surface area contributed by atoms with Crippen molar-refractivity contribution < 1.29 is 17.5 Å². The molecule has 0 bridgehead atoms. The number of piperidine rings is 1. The summed E-state index contributed by atoms with van der Waals surface area (Å²) in [6.45, 7) is 1.83. The van der Waals surface area contributed by atoms with Crippen LogP contribution in [-0.4, -0.2) is 67.9 Å². The first-order chi connectivity index (χ1) is 17.4. The van der Waals surface area contributed by atoms with E-state index in [4.69, 9.17) is 4.74 Å². The van der Waals surface area contributed by atoms with Crippen LogP contribution in [0.4, 0.5) is 10.2 Å². The zero-order chi connectivity index (χ0) is 25.1. The Morgan fingerprint density at radius 1 is 1.11 bits per heavy atom. The van der Waals surface area contributed by atoms with Crippen molar-refractivity contribution in [3.8, 4) is 0 Å². The lowest BCUT2D eigenvalue weighted by molar-refractivity contribution is -0.00226. The summed E-state index contributed by atoms with van der Waals surface area (Å²) in [5.74, 6) is 0.968. The molecule has 8 nitrogen and oxygen atoms in total.